The van der Waals surface area contributed by atoms with Gasteiger partial charge in [0, 0.05) is 10.1 Å². The summed E-state index contributed by atoms with van der Waals surface area (Å²) in [6.07, 6.45) is 5.61. The zero-order chi connectivity index (χ0) is 17.9. The second-order valence-corrected chi connectivity index (χ2v) is 8.34. The zero-order valence-electron chi connectivity index (χ0n) is 14.4. The third-order valence-corrected chi connectivity index (χ3v) is 6.76. The molecule has 2 fully saturated rings. The molecule has 0 spiro atoms. The number of esters is 1. The summed E-state index contributed by atoms with van der Waals surface area (Å²) < 4.78 is 5.07. The Kier molecular flexibility index (Phi) is 6.81. The van der Waals surface area contributed by atoms with Gasteiger partial charge in [0.15, 0.2) is 0 Å². The SMILES string of the molecule is C=C(Cl)C1CCC(C(O)C2(C(=O)OC)CCC(C(=C)Cl)CC2)CC1. The summed E-state index contributed by atoms with van der Waals surface area (Å²) in [6, 6.07) is 0. The molecular weight excluding hydrogens is 347 g/mol. The Morgan fingerprint density at radius 2 is 1.50 bits per heavy atom. The first-order chi connectivity index (χ1) is 11.3. The molecule has 0 aromatic heterocycles. The predicted octanol–water partition coefficient (Wildman–Crippen LogP) is 5.01. The van der Waals surface area contributed by atoms with Gasteiger partial charge in [0.1, 0.15) is 0 Å². The molecule has 136 valence electrons. The maximum atomic E-state index is 12.5. The molecule has 2 rings (SSSR count). The number of halogens is 2. The predicted molar refractivity (Wildman–Crippen MR) is 97.8 cm³/mol. The molecule has 0 radical (unpaired) electrons. The first-order valence-electron chi connectivity index (χ1n) is 8.77. The highest BCUT2D eigenvalue weighted by Crippen LogP contribution is 2.49. The summed E-state index contributed by atoms with van der Waals surface area (Å²) in [7, 11) is 1.40. The lowest BCUT2D eigenvalue weighted by Gasteiger charge is -2.45. The van der Waals surface area contributed by atoms with E-state index >= 15 is 0 Å². The van der Waals surface area contributed by atoms with Crippen LogP contribution >= 0.6 is 23.2 Å². The van der Waals surface area contributed by atoms with E-state index in [9.17, 15) is 9.90 Å². The summed E-state index contributed by atoms with van der Waals surface area (Å²) >= 11 is 12.1. The Bertz CT molecular complexity index is 487. The molecule has 2 aliphatic carbocycles. The lowest BCUT2D eigenvalue weighted by Crippen LogP contribution is -2.49. The molecule has 1 N–H and O–H groups in total. The van der Waals surface area contributed by atoms with Crippen LogP contribution in [0.4, 0.5) is 0 Å². The molecule has 2 aliphatic rings. The highest BCUT2D eigenvalue weighted by Gasteiger charge is 2.51. The zero-order valence-corrected chi connectivity index (χ0v) is 15.9. The van der Waals surface area contributed by atoms with Crippen molar-refractivity contribution in [2.24, 2.45) is 23.2 Å². The van der Waals surface area contributed by atoms with Gasteiger partial charge < -0.3 is 9.84 Å². The van der Waals surface area contributed by atoms with E-state index in [2.05, 4.69) is 13.2 Å². The summed E-state index contributed by atoms with van der Waals surface area (Å²) in [4.78, 5) is 12.5. The minimum Gasteiger partial charge on any atom is -0.469 e. The van der Waals surface area contributed by atoms with Crippen LogP contribution in [0.25, 0.3) is 0 Å². The Morgan fingerprint density at radius 1 is 1.04 bits per heavy atom. The Labute approximate surface area is 155 Å². The van der Waals surface area contributed by atoms with Crippen LogP contribution in [-0.4, -0.2) is 24.3 Å². The fourth-order valence-electron chi connectivity index (χ4n) is 4.47. The summed E-state index contributed by atoms with van der Waals surface area (Å²) in [6.45, 7) is 7.64. The molecule has 0 heterocycles. The molecule has 0 saturated heterocycles. The number of allylic oxidation sites excluding steroid dienone is 2. The normalized spacial score (nSPS) is 35.1. The van der Waals surface area contributed by atoms with Gasteiger partial charge in [-0.3, -0.25) is 4.79 Å². The van der Waals surface area contributed by atoms with Crippen LogP contribution in [0.3, 0.4) is 0 Å². The van der Waals surface area contributed by atoms with E-state index in [4.69, 9.17) is 27.9 Å². The van der Waals surface area contributed by atoms with Gasteiger partial charge in [-0.05, 0) is 69.1 Å². The molecule has 3 nitrogen and oxygen atoms in total. The van der Waals surface area contributed by atoms with Crippen LogP contribution < -0.4 is 0 Å². The number of ether oxygens (including phenoxy) is 1. The molecule has 2 saturated carbocycles. The maximum Gasteiger partial charge on any atom is 0.314 e. The molecule has 0 aliphatic heterocycles. The van der Waals surface area contributed by atoms with Crippen LogP contribution in [0, 0.1) is 23.2 Å². The van der Waals surface area contributed by atoms with Gasteiger partial charge in [0.05, 0.1) is 18.6 Å². The van der Waals surface area contributed by atoms with Gasteiger partial charge in [-0.1, -0.05) is 36.4 Å². The minimum absolute atomic E-state index is 0.104. The van der Waals surface area contributed by atoms with E-state index in [0.29, 0.717) is 28.8 Å². The smallest absolute Gasteiger partial charge is 0.314 e. The van der Waals surface area contributed by atoms with Crippen molar-refractivity contribution < 1.29 is 14.6 Å². The lowest BCUT2D eigenvalue weighted by atomic mass is 9.62. The third-order valence-electron chi connectivity index (χ3n) is 6.14. The van der Waals surface area contributed by atoms with E-state index in [1.54, 1.807) is 0 Å². The number of carbonyl (C=O) groups excluding carboxylic acids is 1. The highest BCUT2D eigenvalue weighted by atomic mass is 35.5. The molecule has 1 atom stereocenters. The molecular formula is C19H28Cl2O3. The van der Waals surface area contributed by atoms with Crippen molar-refractivity contribution in [3.8, 4) is 0 Å². The van der Waals surface area contributed by atoms with Gasteiger partial charge in [0.25, 0.3) is 0 Å². The van der Waals surface area contributed by atoms with Gasteiger partial charge in [-0.25, -0.2) is 0 Å². The lowest BCUT2D eigenvalue weighted by molar-refractivity contribution is -0.169. The standard InChI is InChI=1S/C19H28Cl2O3/c1-12(20)14-4-6-16(7-5-14)17(22)19(18(23)24-3)10-8-15(9-11-19)13(2)21/h14-17,22H,1-2,4-11H2,3H3. The Balaban J connectivity index is 2.10. The van der Waals surface area contributed by atoms with Crippen molar-refractivity contribution in [3.05, 3.63) is 23.2 Å². The average Bonchev–Trinajstić information content (AvgIpc) is 2.60. The summed E-state index contributed by atoms with van der Waals surface area (Å²) in [5.74, 6) is 0.344. The van der Waals surface area contributed by atoms with Crippen molar-refractivity contribution in [2.75, 3.05) is 7.11 Å². The molecule has 0 aromatic carbocycles. The van der Waals surface area contributed by atoms with Crippen molar-refractivity contribution in [2.45, 2.75) is 57.5 Å². The second kappa shape index (κ2) is 8.25. The fourth-order valence-corrected chi connectivity index (χ4v) is 4.91. The molecule has 0 amide bonds. The van der Waals surface area contributed by atoms with Crippen LogP contribution in [0.5, 0.6) is 0 Å². The first kappa shape index (κ1) is 19.8. The monoisotopic (exact) mass is 374 g/mol. The summed E-state index contributed by atoms with van der Waals surface area (Å²) in [5, 5.41) is 12.4. The van der Waals surface area contributed by atoms with E-state index in [-0.39, 0.29) is 17.8 Å². The van der Waals surface area contributed by atoms with Gasteiger partial charge in [-0.2, -0.15) is 0 Å². The number of hydrogen-bond acceptors (Lipinski definition) is 3. The third kappa shape index (κ3) is 4.00. The van der Waals surface area contributed by atoms with Gasteiger partial charge in [-0.15, -0.1) is 0 Å². The average molecular weight is 375 g/mol. The number of rotatable bonds is 5. The largest absolute Gasteiger partial charge is 0.469 e. The topological polar surface area (TPSA) is 46.5 Å². The summed E-state index contributed by atoms with van der Waals surface area (Å²) in [5.41, 5.74) is -0.812. The molecule has 5 heteroatoms. The quantitative estimate of drug-likeness (QED) is 0.688. The number of hydrogen-bond donors (Lipinski definition) is 1. The van der Waals surface area contributed by atoms with Crippen molar-refractivity contribution in [1.82, 2.24) is 0 Å². The first-order valence-corrected chi connectivity index (χ1v) is 9.52. The maximum absolute atomic E-state index is 12.5. The van der Waals surface area contributed by atoms with Crippen molar-refractivity contribution in [1.29, 1.82) is 0 Å². The number of aliphatic hydroxyl groups excluding tert-OH is 1. The van der Waals surface area contributed by atoms with Crippen LogP contribution in [-0.2, 0) is 9.53 Å². The van der Waals surface area contributed by atoms with Gasteiger partial charge >= 0.3 is 5.97 Å². The van der Waals surface area contributed by atoms with E-state index in [1.165, 1.54) is 7.11 Å². The van der Waals surface area contributed by atoms with E-state index in [0.717, 1.165) is 38.5 Å². The number of aliphatic hydroxyl groups is 1. The Morgan fingerprint density at radius 3 is 1.92 bits per heavy atom. The molecule has 1 unspecified atom stereocenters. The van der Waals surface area contributed by atoms with E-state index in [1.807, 2.05) is 0 Å². The minimum atomic E-state index is -0.812. The Hall–Kier alpha value is -0.510. The van der Waals surface area contributed by atoms with Crippen molar-refractivity contribution in [3.63, 3.8) is 0 Å². The van der Waals surface area contributed by atoms with Crippen molar-refractivity contribution >= 4 is 29.2 Å². The fraction of sp³-hybridized carbons (Fsp3) is 0.737. The number of carbonyl (C=O) groups is 1. The molecule has 0 aromatic rings. The second-order valence-electron chi connectivity index (χ2n) is 7.37. The van der Waals surface area contributed by atoms with Crippen LogP contribution in [0.1, 0.15) is 51.4 Å². The van der Waals surface area contributed by atoms with Crippen LogP contribution in [0.15, 0.2) is 23.2 Å². The van der Waals surface area contributed by atoms with E-state index < -0.39 is 11.5 Å². The van der Waals surface area contributed by atoms with Crippen LogP contribution in [0.2, 0.25) is 0 Å². The molecule has 24 heavy (non-hydrogen) atoms. The number of methoxy groups -OCH3 is 1. The highest BCUT2D eigenvalue weighted by molar-refractivity contribution is 6.29. The molecule has 0 bridgehead atoms. The van der Waals surface area contributed by atoms with Gasteiger partial charge in [0.2, 0.25) is 0 Å².